The fourth-order valence-electron chi connectivity index (χ4n) is 2.51. The van der Waals surface area contributed by atoms with Crippen molar-refractivity contribution in [3.05, 3.63) is 57.5 Å². The van der Waals surface area contributed by atoms with Gasteiger partial charge in [-0.3, -0.25) is 14.3 Å². The third-order valence-corrected chi connectivity index (χ3v) is 5.46. The summed E-state index contributed by atoms with van der Waals surface area (Å²) in [5.74, 6) is -3.44. The summed E-state index contributed by atoms with van der Waals surface area (Å²) < 4.78 is 59.4. The summed E-state index contributed by atoms with van der Waals surface area (Å²) in [5.41, 5.74) is 11.0. The number of carbonyl (C=O) groups excluding carboxylic acids is 1. The Morgan fingerprint density at radius 1 is 1.16 bits per heavy atom. The number of carboxylic acids is 1. The zero-order valence-electron chi connectivity index (χ0n) is 19.5. The van der Waals surface area contributed by atoms with Gasteiger partial charge in [-0.1, -0.05) is 17.7 Å². The van der Waals surface area contributed by atoms with Crippen molar-refractivity contribution in [3.8, 4) is 0 Å². The second-order valence-corrected chi connectivity index (χ2v) is 8.96. The number of alkyl halides is 3. The molecular weight excluding hydrogens is 525 g/mol. The van der Waals surface area contributed by atoms with Crippen LogP contribution in [0.3, 0.4) is 0 Å². The molecule has 13 nitrogen and oxygen atoms in total. The zero-order chi connectivity index (χ0) is 28.4. The Kier molecular flexibility index (Phi) is 10.9. The van der Waals surface area contributed by atoms with Gasteiger partial charge in [-0.05, 0) is 42.8 Å². The molecule has 0 aliphatic heterocycles. The van der Waals surface area contributed by atoms with Gasteiger partial charge in [0.05, 0.1) is 17.9 Å². The van der Waals surface area contributed by atoms with Crippen molar-refractivity contribution in [1.29, 1.82) is 0 Å². The minimum absolute atomic E-state index is 0.000330. The predicted molar refractivity (Wildman–Crippen MR) is 126 cm³/mol. The quantitative estimate of drug-likeness (QED) is 0.109. The largest absolute Gasteiger partial charge is 0.490 e. The highest BCUT2D eigenvalue weighted by molar-refractivity contribution is 7.92. The number of pyridine rings is 1. The first-order valence-corrected chi connectivity index (χ1v) is 11.6. The number of rotatable bonds is 9. The summed E-state index contributed by atoms with van der Waals surface area (Å²) in [6, 6.07) is 7.69. The first-order chi connectivity index (χ1) is 17.0. The molecule has 17 heteroatoms. The summed E-state index contributed by atoms with van der Waals surface area (Å²) in [7, 11) is -4.02. The summed E-state index contributed by atoms with van der Waals surface area (Å²) in [6.45, 7) is 3.60. The summed E-state index contributed by atoms with van der Waals surface area (Å²) in [5, 5.41) is 13.0. The number of hydrogen-bond donors (Lipinski definition) is 6. The first kappa shape index (κ1) is 30.8. The van der Waals surface area contributed by atoms with Gasteiger partial charge < -0.3 is 31.7 Å². The zero-order valence-corrected chi connectivity index (χ0v) is 20.4. The van der Waals surface area contributed by atoms with Crippen molar-refractivity contribution in [3.63, 3.8) is 0 Å². The highest BCUT2D eigenvalue weighted by Gasteiger charge is 2.38. The Balaban J connectivity index is 0.000000856. The maximum atomic E-state index is 12.7. The number of benzene rings is 1. The molecule has 1 aromatic heterocycles. The number of anilines is 1. The van der Waals surface area contributed by atoms with Crippen LogP contribution in [0.15, 0.2) is 45.2 Å². The molecule has 8 N–H and O–H groups in total. The third kappa shape index (κ3) is 10.9. The number of guanidine groups is 1. The molecule has 2 aromatic rings. The fourth-order valence-corrected chi connectivity index (χ4v) is 3.62. The minimum atomic E-state index is -5.08. The van der Waals surface area contributed by atoms with Crippen LogP contribution in [0, 0.1) is 13.8 Å². The lowest BCUT2D eigenvalue weighted by molar-refractivity contribution is -0.192. The fraction of sp³-hybridized carbons (Fsp3) is 0.300. The number of aliphatic carboxylic acids is 1. The molecule has 0 fully saturated rings. The van der Waals surface area contributed by atoms with Crippen LogP contribution in [0.1, 0.15) is 16.8 Å². The number of aryl methyl sites for hydroxylation is 2. The van der Waals surface area contributed by atoms with E-state index in [1.54, 1.807) is 19.1 Å². The van der Waals surface area contributed by atoms with Crippen LogP contribution in [0.2, 0.25) is 0 Å². The monoisotopic (exact) mass is 550 g/mol. The summed E-state index contributed by atoms with van der Waals surface area (Å²) in [4.78, 5) is 40.8. The number of hydrogen-bond acceptors (Lipinski definition) is 7. The number of nitrogens with two attached hydrogens (primary N) is 2. The Hall–Kier alpha value is -4.28. The van der Waals surface area contributed by atoms with Crippen LogP contribution in [-0.4, -0.2) is 55.7 Å². The number of halogens is 3. The number of amides is 1. The number of nitrogens with zero attached hydrogens (tertiary/aromatic N) is 1. The number of H-pyrrole nitrogens is 1. The average molecular weight is 551 g/mol. The lowest BCUT2D eigenvalue weighted by Crippen LogP contribution is -2.30. The molecule has 0 atom stereocenters. The van der Waals surface area contributed by atoms with Gasteiger partial charge in [0, 0.05) is 5.69 Å². The van der Waals surface area contributed by atoms with E-state index in [0.29, 0.717) is 5.69 Å². The average Bonchev–Trinajstić information content (AvgIpc) is 2.75. The standard InChI is InChI=1S/C18H24N6O5S.C2HF3O2/c1-11-3-5-14(6-4-11)30(27,28)24-16-13(9-12(2)22-17(16)26)10-15(25)21-7-8-29-23-18(19)20;3-2(4,5)1(6)7/h3-6,9,24H,7-8,10H2,1-2H3,(H,21,25)(H,22,26)(H4,19,20,23);(H,6,7). The highest BCUT2D eigenvalue weighted by atomic mass is 32.2. The Labute approximate surface area is 208 Å². The van der Waals surface area contributed by atoms with Crippen LogP contribution in [-0.2, 0) is 30.9 Å². The SMILES string of the molecule is Cc1ccc(S(=O)(=O)Nc2c(CC(=O)NCCON=C(N)N)cc(C)[nH]c2=O)cc1.O=C(O)C(F)(F)F. The lowest BCUT2D eigenvalue weighted by atomic mass is 10.1. The van der Waals surface area contributed by atoms with Crippen molar-refractivity contribution in [2.24, 2.45) is 16.6 Å². The second-order valence-electron chi connectivity index (χ2n) is 7.28. The van der Waals surface area contributed by atoms with Crippen LogP contribution in [0.4, 0.5) is 18.9 Å². The van der Waals surface area contributed by atoms with Gasteiger partial charge in [0.15, 0.2) is 0 Å². The van der Waals surface area contributed by atoms with Crippen molar-refractivity contribution < 1.29 is 41.1 Å². The maximum absolute atomic E-state index is 12.7. The van der Waals surface area contributed by atoms with Crippen molar-refractivity contribution in [2.75, 3.05) is 17.9 Å². The van der Waals surface area contributed by atoms with E-state index >= 15 is 0 Å². The molecule has 1 aromatic carbocycles. The number of aromatic nitrogens is 1. The maximum Gasteiger partial charge on any atom is 0.490 e. The molecule has 37 heavy (non-hydrogen) atoms. The third-order valence-electron chi connectivity index (χ3n) is 4.10. The van der Waals surface area contributed by atoms with Gasteiger partial charge in [-0.15, -0.1) is 0 Å². The summed E-state index contributed by atoms with van der Waals surface area (Å²) in [6.07, 6.45) is -5.31. The van der Waals surface area contributed by atoms with Gasteiger partial charge in [0.1, 0.15) is 12.3 Å². The Morgan fingerprint density at radius 2 is 1.73 bits per heavy atom. The highest BCUT2D eigenvalue weighted by Crippen LogP contribution is 2.18. The van der Waals surface area contributed by atoms with E-state index in [1.165, 1.54) is 18.2 Å². The van der Waals surface area contributed by atoms with E-state index in [9.17, 15) is 31.2 Å². The molecule has 2 rings (SSSR count). The molecule has 0 saturated carbocycles. The number of nitrogens with one attached hydrogen (secondary N) is 3. The molecule has 0 spiro atoms. The second kappa shape index (κ2) is 13.1. The summed E-state index contributed by atoms with van der Waals surface area (Å²) >= 11 is 0. The predicted octanol–water partition coefficient (Wildman–Crippen LogP) is 0.290. The van der Waals surface area contributed by atoms with Gasteiger partial charge in [0.2, 0.25) is 11.9 Å². The topological polar surface area (TPSA) is 219 Å². The van der Waals surface area contributed by atoms with E-state index in [1.807, 2.05) is 6.92 Å². The number of aromatic amines is 1. The molecule has 0 unspecified atom stereocenters. The number of carboxylic acid groups (broad SMARTS) is 1. The molecular formula is C20H25F3N6O7S. The van der Waals surface area contributed by atoms with E-state index < -0.39 is 33.6 Å². The molecule has 0 aliphatic rings. The molecule has 1 amide bonds. The number of carbonyl (C=O) groups is 2. The van der Waals surface area contributed by atoms with Crippen molar-refractivity contribution in [1.82, 2.24) is 10.3 Å². The molecule has 0 aliphatic carbocycles. The normalized spacial score (nSPS) is 10.9. The van der Waals surface area contributed by atoms with Crippen LogP contribution < -0.4 is 27.1 Å². The van der Waals surface area contributed by atoms with Gasteiger partial charge >= 0.3 is 12.1 Å². The van der Waals surface area contributed by atoms with Crippen LogP contribution in [0.5, 0.6) is 0 Å². The van der Waals surface area contributed by atoms with Crippen LogP contribution in [0.25, 0.3) is 0 Å². The van der Waals surface area contributed by atoms with Gasteiger partial charge in [0.25, 0.3) is 15.6 Å². The molecule has 0 radical (unpaired) electrons. The Bertz CT molecular complexity index is 1290. The van der Waals surface area contributed by atoms with Crippen LogP contribution >= 0.6 is 0 Å². The van der Waals surface area contributed by atoms with Crippen molar-refractivity contribution >= 4 is 33.5 Å². The lowest BCUT2D eigenvalue weighted by Gasteiger charge is -2.13. The van der Waals surface area contributed by atoms with Gasteiger partial charge in [-0.25, -0.2) is 13.2 Å². The van der Waals surface area contributed by atoms with E-state index in [-0.39, 0.29) is 41.7 Å². The first-order valence-electron chi connectivity index (χ1n) is 10.1. The molecule has 204 valence electrons. The number of oxime groups is 1. The number of sulfonamides is 1. The van der Waals surface area contributed by atoms with Crippen molar-refractivity contribution in [2.45, 2.75) is 31.3 Å². The molecule has 1 heterocycles. The van der Waals surface area contributed by atoms with E-state index in [4.69, 9.17) is 26.2 Å². The Morgan fingerprint density at radius 3 is 2.24 bits per heavy atom. The molecule has 0 saturated heterocycles. The molecule has 0 bridgehead atoms. The smallest absolute Gasteiger partial charge is 0.475 e. The minimum Gasteiger partial charge on any atom is -0.475 e. The van der Waals surface area contributed by atoms with E-state index in [0.717, 1.165) is 5.56 Å². The van der Waals surface area contributed by atoms with Gasteiger partial charge in [-0.2, -0.15) is 13.2 Å². The van der Waals surface area contributed by atoms with E-state index in [2.05, 4.69) is 20.2 Å².